The summed E-state index contributed by atoms with van der Waals surface area (Å²) >= 11 is 0. The molecule has 2 heterocycles. The molecule has 0 saturated carbocycles. The lowest BCUT2D eigenvalue weighted by Gasteiger charge is -2.02. The Kier molecular flexibility index (Phi) is 2.79. The fourth-order valence-corrected chi connectivity index (χ4v) is 1.47. The summed E-state index contributed by atoms with van der Waals surface area (Å²) in [6.45, 7) is 7.45. The van der Waals surface area contributed by atoms with Crippen molar-refractivity contribution in [2.24, 2.45) is 5.92 Å². The maximum atomic E-state index is 11.5. The summed E-state index contributed by atoms with van der Waals surface area (Å²) in [7, 11) is 0. The van der Waals surface area contributed by atoms with Crippen LogP contribution in [-0.4, -0.2) is 25.5 Å². The van der Waals surface area contributed by atoms with Gasteiger partial charge in [0.15, 0.2) is 0 Å². The third-order valence-electron chi connectivity index (χ3n) is 2.38. The molecular formula is C11H15N5O. The van der Waals surface area contributed by atoms with E-state index in [-0.39, 0.29) is 11.8 Å². The molecule has 0 spiro atoms. The molecule has 2 rings (SSSR count). The van der Waals surface area contributed by atoms with Crippen molar-refractivity contribution in [2.75, 3.05) is 5.32 Å². The van der Waals surface area contributed by atoms with Crippen LogP contribution in [0.15, 0.2) is 6.07 Å². The zero-order valence-corrected chi connectivity index (χ0v) is 10.4. The Balaban J connectivity index is 2.38. The predicted octanol–water partition coefficient (Wildman–Crippen LogP) is 1.34. The molecule has 90 valence electrons. The van der Waals surface area contributed by atoms with Crippen LogP contribution in [0.1, 0.15) is 25.2 Å². The van der Waals surface area contributed by atoms with Gasteiger partial charge < -0.3 is 0 Å². The third-order valence-corrected chi connectivity index (χ3v) is 2.38. The normalized spacial score (nSPS) is 11.1. The van der Waals surface area contributed by atoms with Gasteiger partial charge in [-0.25, -0.2) is 4.98 Å². The fourth-order valence-electron chi connectivity index (χ4n) is 1.47. The number of nitrogens with one attached hydrogen (secondary N) is 1. The lowest BCUT2D eigenvalue weighted by atomic mass is 10.2. The predicted molar refractivity (Wildman–Crippen MR) is 63.7 cm³/mol. The molecule has 0 aliphatic rings. The van der Waals surface area contributed by atoms with Crippen LogP contribution in [0.3, 0.4) is 0 Å². The highest BCUT2D eigenvalue weighted by molar-refractivity contribution is 5.90. The molecule has 0 aliphatic heterocycles. The van der Waals surface area contributed by atoms with Crippen LogP contribution in [0, 0.1) is 19.8 Å². The molecule has 6 heteroatoms. The number of fused-ring (bicyclic) bond motifs is 1. The maximum absolute atomic E-state index is 11.5. The Labute approximate surface area is 99.1 Å². The summed E-state index contributed by atoms with van der Waals surface area (Å²) in [6.07, 6.45) is 0. The van der Waals surface area contributed by atoms with Gasteiger partial charge in [0.1, 0.15) is 0 Å². The number of hydrogen-bond donors (Lipinski definition) is 1. The van der Waals surface area contributed by atoms with Crippen molar-refractivity contribution in [3.05, 3.63) is 17.5 Å². The number of anilines is 1. The largest absolute Gasteiger partial charge is 0.293 e. The Hall–Kier alpha value is -1.98. The Morgan fingerprint density at radius 1 is 1.35 bits per heavy atom. The first-order chi connectivity index (χ1) is 7.97. The van der Waals surface area contributed by atoms with E-state index in [1.165, 1.54) is 0 Å². The zero-order chi connectivity index (χ0) is 12.6. The average Bonchev–Trinajstić information content (AvgIpc) is 2.60. The van der Waals surface area contributed by atoms with Crippen molar-refractivity contribution in [1.82, 2.24) is 19.6 Å². The molecule has 1 N–H and O–H groups in total. The first-order valence-electron chi connectivity index (χ1n) is 5.49. The van der Waals surface area contributed by atoms with E-state index in [1.54, 1.807) is 4.52 Å². The molecular weight excluding hydrogens is 218 g/mol. The topological polar surface area (TPSA) is 72.2 Å². The zero-order valence-electron chi connectivity index (χ0n) is 10.4. The van der Waals surface area contributed by atoms with E-state index in [2.05, 4.69) is 20.4 Å². The van der Waals surface area contributed by atoms with E-state index in [1.807, 2.05) is 33.8 Å². The minimum atomic E-state index is -0.102. The summed E-state index contributed by atoms with van der Waals surface area (Å²) in [4.78, 5) is 19.9. The van der Waals surface area contributed by atoms with E-state index in [0.717, 1.165) is 11.4 Å². The van der Waals surface area contributed by atoms with Gasteiger partial charge in [-0.1, -0.05) is 13.8 Å². The molecule has 0 atom stereocenters. The SMILES string of the molecule is Cc1cc(C)n2nc(NC(=O)C(C)C)nc2n1. The van der Waals surface area contributed by atoms with Crippen LogP contribution < -0.4 is 5.32 Å². The second kappa shape index (κ2) is 4.12. The number of carbonyl (C=O) groups is 1. The molecule has 0 fully saturated rings. The maximum Gasteiger partial charge on any atom is 0.254 e. The highest BCUT2D eigenvalue weighted by Gasteiger charge is 2.12. The van der Waals surface area contributed by atoms with Gasteiger partial charge in [-0.15, -0.1) is 5.10 Å². The van der Waals surface area contributed by atoms with Crippen LogP contribution in [0.5, 0.6) is 0 Å². The molecule has 0 radical (unpaired) electrons. The smallest absolute Gasteiger partial charge is 0.254 e. The minimum Gasteiger partial charge on any atom is -0.293 e. The van der Waals surface area contributed by atoms with Gasteiger partial charge in [0.05, 0.1) is 0 Å². The molecule has 6 nitrogen and oxygen atoms in total. The van der Waals surface area contributed by atoms with Crippen molar-refractivity contribution in [3.63, 3.8) is 0 Å². The van der Waals surface area contributed by atoms with E-state index < -0.39 is 0 Å². The summed E-state index contributed by atoms with van der Waals surface area (Å²) in [5.41, 5.74) is 1.81. The van der Waals surface area contributed by atoms with Crippen molar-refractivity contribution in [2.45, 2.75) is 27.7 Å². The van der Waals surface area contributed by atoms with Gasteiger partial charge in [0, 0.05) is 17.3 Å². The molecule has 0 aromatic carbocycles. The number of hydrogen-bond acceptors (Lipinski definition) is 4. The summed E-state index contributed by atoms with van der Waals surface area (Å²) in [5, 5.41) is 6.84. The molecule has 1 amide bonds. The number of aryl methyl sites for hydroxylation is 2. The van der Waals surface area contributed by atoms with Gasteiger partial charge in [0.25, 0.3) is 11.7 Å². The quantitative estimate of drug-likeness (QED) is 0.849. The summed E-state index contributed by atoms with van der Waals surface area (Å²) < 4.78 is 1.61. The Bertz CT molecular complexity index is 572. The first-order valence-corrected chi connectivity index (χ1v) is 5.49. The van der Waals surface area contributed by atoms with Gasteiger partial charge in [-0.05, 0) is 19.9 Å². The summed E-state index contributed by atoms with van der Waals surface area (Å²) in [6, 6.07) is 1.91. The van der Waals surface area contributed by atoms with E-state index >= 15 is 0 Å². The van der Waals surface area contributed by atoms with Crippen LogP contribution in [-0.2, 0) is 4.79 Å². The van der Waals surface area contributed by atoms with Crippen LogP contribution in [0.4, 0.5) is 5.95 Å². The molecule has 0 aliphatic carbocycles. The lowest BCUT2D eigenvalue weighted by molar-refractivity contribution is -0.118. The first kappa shape index (κ1) is 11.5. The van der Waals surface area contributed by atoms with Gasteiger partial charge in [-0.2, -0.15) is 9.50 Å². The second-order valence-corrected chi connectivity index (χ2v) is 4.33. The minimum absolute atomic E-state index is 0.0996. The van der Waals surface area contributed by atoms with Crippen molar-refractivity contribution >= 4 is 17.6 Å². The third kappa shape index (κ3) is 2.25. The van der Waals surface area contributed by atoms with Crippen LogP contribution in [0.25, 0.3) is 5.78 Å². The number of carbonyl (C=O) groups excluding carboxylic acids is 1. The van der Waals surface area contributed by atoms with Gasteiger partial charge in [0.2, 0.25) is 5.91 Å². The highest BCUT2D eigenvalue weighted by atomic mass is 16.2. The lowest BCUT2D eigenvalue weighted by Crippen LogP contribution is -2.18. The fraction of sp³-hybridized carbons (Fsp3) is 0.455. The Morgan fingerprint density at radius 3 is 2.71 bits per heavy atom. The molecule has 17 heavy (non-hydrogen) atoms. The van der Waals surface area contributed by atoms with E-state index in [0.29, 0.717) is 11.7 Å². The number of rotatable bonds is 2. The molecule has 0 saturated heterocycles. The molecule has 2 aromatic rings. The van der Waals surface area contributed by atoms with Gasteiger partial charge in [-0.3, -0.25) is 10.1 Å². The van der Waals surface area contributed by atoms with Crippen molar-refractivity contribution < 1.29 is 4.79 Å². The van der Waals surface area contributed by atoms with Gasteiger partial charge >= 0.3 is 0 Å². The molecule has 2 aromatic heterocycles. The standard InChI is InChI=1S/C11H15N5O/c1-6(2)9(17)13-10-14-11-12-7(3)5-8(4)16(11)15-10/h5-6H,1-4H3,(H,13,15,17). The van der Waals surface area contributed by atoms with E-state index in [4.69, 9.17) is 0 Å². The van der Waals surface area contributed by atoms with Crippen molar-refractivity contribution in [3.8, 4) is 0 Å². The molecule has 0 unspecified atom stereocenters. The Morgan fingerprint density at radius 2 is 2.06 bits per heavy atom. The number of aromatic nitrogens is 4. The average molecular weight is 233 g/mol. The van der Waals surface area contributed by atoms with Crippen LogP contribution in [0.2, 0.25) is 0 Å². The number of nitrogens with zero attached hydrogens (tertiary/aromatic N) is 4. The monoisotopic (exact) mass is 233 g/mol. The highest BCUT2D eigenvalue weighted by Crippen LogP contribution is 2.08. The van der Waals surface area contributed by atoms with Crippen molar-refractivity contribution in [1.29, 1.82) is 0 Å². The number of amides is 1. The molecule has 0 bridgehead atoms. The second-order valence-electron chi connectivity index (χ2n) is 4.33. The van der Waals surface area contributed by atoms with E-state index in [9.17, 15) is 4.79 Å². The van der Waals surface area contributed by atoms with Crippen LogP contribution >= 0.6 is 0 Å². The summed E-state index contributed by atoms with van der Waals surface area (Å²) in [5.74, 6) is 0.596.